The van der Waals surface area contributed by atoms with Gasteiger partial charge in [-0.15, -0.1) is 0 Å². The Balaban J connectivity index is 1.89. The number of aromatic amines is 1. The van der Waals surface area contributed by atoms with E-state index in [0.29, 0.717) is 16.7 Å². The van der Waals surface area contributed by atoms with Gasteiger partial charge in [-0.25, -0.2) is 9.97 Å². The van der Waals surface area contributed by atoms with Crippen molar-refractivity contribution < 1.29 is 14.7 Å². The Morgan fingerprint density at radius 1 is 1.22 bits per heavy atom. The standard InChI is InChI=1S/C15H13N5O3/c21-12(22)7-11(10-3-1-2-5-16-10)20-15(23)13-9-4-6-17-14(9)19-8-18-13/h1-6,8,11H,7H2,(H,20,23)(H,21,22)(H,17,18,19)/t11-/m1/s1. The summed E-state index contributed by atoms with van der Waals surface area (Å²) in [6.07, 6.45) is 4.21. The summed E-state index contributed by atoms with van der Waals surface area (Å²) in [5.74, 6) is -1.51. The Kier molecular flexibility index (Phi) is 3.96. The number of carbonyl (C=O) groups is 2. The first-order valence-corrected chi connectivity index (χ1v) is 6.87. The number of fused-ring (bicyclic) bond motifs is 1. The van der Waals surface area contributed by atoms with Crippen molar-refractivity contribution in [1.82, 2.24) is 25.3 Å². The summed E-state index contributed by atoms with van der Waals surface area (Å²) in [5.41, 5.74) is 1.20. The number of nitrogens with one attached hydrogen (secondary N) is 2. The summed E-state index contributed by atoms with van der Waals surface area (Å²) in [6.45, 7) is 0. The molecule has 0 radical (unpaired) electrons. The molecule has 3 rings (SSSR count). The van der Waals surface area contributed by atoms with Crippen molar-refractivity contribution in [3.63, 3.8) is 0 Å². The molecule has 8 heteroatoms. The van der Waals surface area contributed by atoms with Gasteiger partial charge >= 0.3 is 5.97 Å². The first-order chi connectivity index (χ1) is 11.1. The second-order valence-electron chi connectivity index (χ2n) is 4.84. The third-order valence-electron chi connectivity index (χ3n) is 3.30. The number of carbonyl (C=O) groups excluding carboxylic acids is 1. The van der Waals surface area contributed by atoms with E-state index < -0.39 is 17.9 Å². The lowest BCUT2D eigenvalue weighted by atomic mass is 10.1. The summed E-state index contributed by atoms with van der Waals surface area (Å²) in [7, 11) is 0. The topological polar surface area (TPSA) is 121 Å². The number of carboxylic acids is 1. The predicted molar refractivity (Wildman–Crippen MR) is 80.6 cm³/mol. The van der Waals surface area contributed by atoms with E-state index in [4.69, 9.17) is 5.11 Å². The Bertz CT molecular complexity index is 846. The van der Waals surface area contributed by atoms with Crippen LogP contribution in [0.3, 0.4) is 0 Å². The van der Waals surface area contributed by atoms with Gasteiger partial charge in [0.2, 0.25) is 0 Å². The van der Waals surface area contributed by atoms with Crippen LogP contribution < -0.4 is 5.32 Å². The van der Waals surface area contributed by atoms with E-state index in [-0.39, 0.29) is 12.1 Å². The van der Waals surface area contributed by atoms with Gasteiger partial charge in [0, 0.05) is 12.4 Å². The molecule has 0 bridgehead atoms. The number of carboxylic acid groups (broad SMARTS) is 1. The van der Waals surface area contributed by atoms with E-state index in [1.807, 2.05) is 0 Å². The quantitative estimate of drug-likeness (QED) is 0.653. The maximum absolute atomic E-state index is 12.5. The van der Waals surface area contributed by atoms with Crippen molar-refractivity contribution in [3.8, 4) is 0 Å². The van der Waals surface area contributed by atoms with E-state index in [9.17, 15) is 9.59 Å². The van der Waals surface area contributed by atoms with Crippen molar-refractivity contribution in [2.45, 2.75) is 12.5 Å². The average molecular weight is 311 g/mol. The molecule has 1 atom stereocenters. The third kappa shape index (κ3) is 3.15. The number of pyridine rings is 1. The zero-order chi connectivity index (χ0) is 16.2. The number of hydrogen-bond donors (Lipinski definition) is 3. The molecule has 0 aliphatic heterocycles. The van der Waals surface area contributed by atoms with Gasteiger partial charge in [0.15, 0.2) is 0 Å². The SMILES string of the molecule is O=C(O)C[C@@H](NC(=O)c1ncnc2[nH]ccc12)c1ccccn1. The minimum atomic E-state index is -1.03. The van der Waals surface area contributed by atoms with Gasteiger partial charge in [-0.3, -0.25) is 14.6 Å². The lowest BCUT2D eigenvalue weighted by molar-refractivity contribution is -0.137. The van der Waals surface area contributed by atoms with Crippen molar-refractivity contribution in [2.75, 3.05) is 0 Å². The van der Waals surface area contributed by atoms with Gasteiger partial charge in [-0.2, -0.15) is 0 Å². The molecule has 116 valence electrons. The third-order valence-corrected chi connectivity index (χ3v) is 3.30. The number of aromatic nitrogens is 4. The monoisotopic (exact) mass is 311 g/mol. The summed E-state index contributed by atoms with van der Waals surface area (Å²) in [5, 5.41) is 12.3. The fourth-order valence-corrected chi connectivity index (χ4v) is 2.27. The van der Waals surface area contributed by atoms with Crippen LogP contribution in [0.25, 0.3) is 11.0 Å². The van der Waals surface area contributed by atoms with Gasteiger partial charge in [-0.05, 0) is 18.2 Å². The molecule has 0 saturated carbocycles. The number of nitrogens with zero attached hydrogens (tertiary/aromatic N) is 3. The van der Waals surface area contributed by atoms with E-state index in [1.54, 1.807) is 36.7 Å². The minimum Gasteiger partial charge on any atom is -0.481 e. The van der Waals surface area contributed by atoms with Crippen LogP contribution in [-0.2, 0) is 4.79 Å². The normalized spacial score (nSPS) is 12.0. The maximum atomic E-state index is 12.5. The van der Waals surface area contributed by atoms with E-state index in [0.717, 1.165) is 0 Å². The molecule has 0 saturated heterocycles. The Hall–Kier alpha value is -3.29. The van der Waals surface area contributed by atoms with Crippen molar-refractivity contribution in [1.29, 1.82) is 0 Å². The van der Waals surface area contributed by atoms with Gasteiger partial charge < -0.3 is 15.4 Å². The Morgan fingerprint density at radius 3 is 2.83 bits per heavy atom. The molecule has 0 aliphatic rings. The molecular formula is C15H13N5O3. The Morgan fingerprint density at radius 2 is 2.09 bits per heavy atom. The summed E-state index contributed by atoms with van der Waals surface area (Å²) < 4.78 is 0. The van der Waals surface area contributed by atoms with Crippen LogP contribution in [-0.4, -0.2) is 36.9 Å². The molecule has 0 fully saturated rings. The van der Waals surface area contributed by atoms with Crippen LogP contribution in [0.2, 0.25) is 0 Å². The molecule has 0 aromatic carbocycles. The van der Waals surface area contributed by atoms with Crippen molar-refractivity contribution in [3.05, 3.63) is 54.4 Å². The smallest absolute Gasteiger partial charge is 0.305 e. The zero-order valence-corrected chi connectivity index (χ0v) is 11.9. The summed E-state index contributed by atoms with van der Waals surface area (Å²) >= 11 is 0. The fraction of sp³-hybridized carbons (Fsp3) is 0.133. The second-order valence-corrected chi connectivity index (χ2v) is 4.84. The van der Waals surface area contributed by atoms with Crippen LogP contribution in [0.4, 0.5) is 0 Å². The number of rotatable bonds is 5. The van der Waals surface area contributed by atoms with Crippen LogP contribution in [0.1, 0.15) is 28.6 Å². The van der Waals surface area contributed by atoms with Crippen molar-refractivity contribution >= 4 is 22.9 Å². The summed E-state index contributed by atoms with van der Waals surface area (Å²) in [4.78, 5) is 38.6. The number of aliphatic carboxylic acids is 1. The largest absolute Gasteiger partial charge is 0.481 e. The molecule has 3 N–H and O–H groups in total. The van der Waals surface area contributed by atoms with E-state index in [1.165, 1.54) is 6.33 Å². The van der Waals surface area contributed by atoms with E-state index >= 15 is 0 Å². The second kappa shape index (κ2) is 6.22. The van der Waals surface area contributed by atoms with Gasteiger partial charge in [0.1, 0.15) is 17.7 Å². The van der Waals surface area contributed by atoms with Gasteiger partial charge in [0.25, 0.3) is 5.91 Å². The maximum Gasteiger partial charge on any atom is 0.305 e. The van der Waals surface area contributed by atoms with Crippen molar-refractivity contribution in [2.24, 2.45) is 0 Å². The molecular weight excluding hydrogens is 298 g/mol. The van der Waals surface area contributed by atoms with Crippen LogP contribution in [0.5, 0.6) is 0 Å². The van der Waals surface area contributed by atoms with E-state index in [2.05, 4.69) is 25.3 Å². The molecule has 0 spiro atoms. The molecule has 0 unspecified atom stereocenters. The first-order valence-electron chi connectivity index (χ1n) is 6.87. The average Bonchev–Trinajstić information content (AvgIpc) is 3.03. The van der Waals surface area contributed by atoms with Gasteiger partial charge in [0.05, 0.1) is 23.5 Å². The van der Waals surface area contributed by atoms with Gasteiger partial charge in [-0.1, -0.05) is 6.07 Å². The molecule has 23 heavy (non-hydrogen) atoms. The highest BCUT2D eigenvalue weighted by Crippen LogP contribution is 2.17. The summed E-state index contributed by atoms with van der Waals surface area (Å²) in [6, 6.07) is 6.07. The number of hydrogen-bond acceptors (Lipinski definition) is 5. The lowest BCUT2D eigenvalue weighted by Crippen LogP contribution is -2.31. The first kappa shape index (κ1) is 14.6. The van der Waals surface area contributed by atoms with Crippen LogP contribution >= 0.6 is 0 Å². The molecule has 3 heterocycles. The lowest BCUT2D eigenvalue weighted by Gasteiger charge is -2.16. The molecule has 3 aromatic rings. The highest BCUT2D eigenvalue weighted by molar-refractivity contribution is 6.03. The minimum absolute atomic E-state index is 0.183. The van der Waals surface area contributed by atoms with Crippen LogP contribution in [0, 0.1) is 0 Å². The fourth-order valence-electron chi connectivity index (χ4n) is 2.27. The predicted octanol–water partition coefficient (Wildman–Crippen LogP) is 1.30. The number of amides is 1. The Labute approximate surface area is 130 Å². The zero-order valence-electron chi connectivity index (χ0n) is 11.9. The number of H-pyrrole nitrogens is 1. The molecule has 0 aliphatic carbocycles. The molecule has 1 amide bonds. The highest BCUT2D eigenvalue weighted by atomic mass is 16.4. The molecule has 3 aromatic heterocycles. The molecule has 8 nitrogen and oxygen atoms in total. The highest BCUT2D eigenvalue weighted by Gasteiger charge is 2.22. The van der Waals surface area contributed by atoms with Crippen LogP contribution in [0.15, 0.2) is 43.0 Å².